The van der Waals surface area contributed by atoms with E-state index >= 15 is 0 Å². The molecule has 0 amide bonds. The minimum Gasteiger partial charge on any atom is -0.385 e. The van der Waals surface area contributed by atoms with Gasteiger partial charge in [0.05, 0.1) is 13.2 Å². The summed E-state index contributed by atoms with van der Waals surface area (Å²) in [4.78, 5) is 2.46. The second kappa shape index (κ2) is 7.78. The molecular weight excluding hydrogens is 262 g/mol. The van der Waals surface area contributed by atoms with Crippen LogP contribution in [0.3, 0.4) is 0 Å². The lowest BCUT2D eigenvalue weighted by Gasteiger charge is -2.26. The van der Waals surface area contributed by atoms with Crippen molar-refractivity contribution in [1.82, 2.24) is 10.2 Å². The fourth-order valence-electron chi connectivity index (χ4n) is 3.11. The number of morpholine rings is 1. The molecule has 0 radical (unpaired) electrons. The van der Waals surface area contributed by atoms with E-state index in [4.69, 9.17) is 4.74 Å². The third-order valence-corrected chi connectivity index (χ3v) is 4.46. The molecule has 116 valence electrons. The van der Waals surface area contributed by atoms with Crippen molar-refractivity contribution >= 4 is 5.69 Å². The molecule has 1 aromatic rings. The van der Waals surface area contributed by atoms with Crippen LogP contribution in [0.25, 0.3) is 0 Å². The lowest BCUT2D eigenvalue weighted by atomic mass is 10.00. The van der Waals surface area contributed by atoms with E-state index in [0.29, 0.717) is 0 Å². The summed E-state index contributed by atoms with van der Waals surface area (Å²) >= 11 is 0. The van der Waals surface area contributed by atoms with Gasteiger partial charge in [0.2, 0.25) is 0 Å². The zero-order chi connectivity index (χ0) is 14.3. The van der Waals surface area contributed by atoms with Crippen LogP contribution in [0.15, 0.2) is 24.3 Å². The maximum atomic E-state index is 5.39. The highest BCUT2D eigenvalue weighted by Gasteiger charge is 2.13. The normalized spacial score (nSPS) is 23.9. The van der Waals surface area contributed by atoms with Crippen LogP contribution >= 0.6 is 0 Å². The molecule has 1 aromatic carbocycles. The number of hydrogen-bond acceptors (Lipinski definition) is 4. The third-order valence-electron chi connectivity index (χ3n) is 4.46. The Morgan fingerprint density at radius 1 is 1.19 bits per heavy atom. The van der Waals surface area contributed by atoms with Crippen LogP contribution in [0.1, 0.15) is 18.4 Å². The van der Waals surface area contributed by atoms with Crippen molar-refractivity contribution in [2.24, 2.45) is 5.92 Å². The molecule has 4 heteroatoms. The van der Waals surface area contributed by atoms with E-state index in [9.17, 15) is 0 Å². The topological polar surface area (TPSA) is 36.5 Å². The predicted octanol–water partition coefficient (Wildman–Crippen LogP) is 1.93. The zero-order valence-corrected chi connectivity index (χ0v) is 12.8. The first-order chi connectivity index (χ1) is 10.4. The summed E-state index contributed by atoms with van der Waals surface area (Å²) in [5.41, 5.74) is 2.63. The summed E-state index contributed by atoms with van der Waals surface area (Å²) in [5, 5.41) is 7.04. The van der Waals surface area contributed by atoms with E-state index in [1.807, 2.05) is 0 Å². The fraction of sp³-hybridized carbons (Fsp3) is 0.647. The first kappa shape index (κ1) is 14.8. The molecule has 0 saturated carbocycles. The lowest BCUT2D eigenvalue weighted by Crippen LogP contribution is -2.35. The van der Waals surface area contributed by atoms with Crippen LogP contribution in [0.5, 0.6) is 0 Å². The molecule has 0 aliphatic carbocycles. The van der Waals surface area contributed by atoms with Crippen molar-refractivity contribution in [1.29, 1.82) is 0 Å². The summed E-state index contributed by atoms with van der Waals surface area (Å²) in [5.74, 6) is 0.770. The van der Waals surface area contributed by atoms with Gasteiger partial charge in [-0.05, 0) is 49.5 Å². The zero-order valence-electron chi connectivity index (χ0n) is 12.8. The molecule has 4 nitrogen and oxygen atoms in total. The molecule has 21 heavy (non-hydrogen) atoms. The third kappa shape index (κ3) is 4.70. The minimum atomic E-state index is 0.770. The van der Waals surface area contributed by atoms with Gasteiger partial charge in [-0.3, -0.25) is 4.90 Å². The van der Waals surface area contributed by atoms with Gasteiger partial charge in [-0.1, -0.05) is 12.1 Å². The SMILES string of the molecule is c1cc(NCC2CCCNC2)ccc1CN1CCOCC1. The van der Waals surface area contributed by atoms with E-state index in [2.05, 4.69) is 39.8 Å². The lowest BCUT2D eigenvalue weighted by molar-refractivity contribution is 0.0342. The summed E-state index contributed by atoms with van der Waals surface area (Å²) in [6, 6.07) is 8.92. The summed E-state index contributed by atoms with van der Waals surface area (Å²) in [6.07, 6.45) is 2.65. The smallest absolute Gasteiger partial charge is 0.0594 e. The highest BCUT2D eigenvalue weighted by atomic mass is 16.5. The Labute approximate surface area is 127 Å². The Bertz CT molecular complexity index is 409. The number of anilines is 1. The first-order valence-corrected chi connectivity index (χ1v) is 8.24. The van der Waals surface area contributed by atoms with Crippen molar-refractivity contribution in [2.75, 3.05) is 51.3 Å². The maximum Gasteiger partial charge on any atom is 0.0594 e. The Balaban J connectivity index is 1.44. The predicted molar refractivity (Wildman–Crippen MR) is 86.6 cm³/mol. The van der Waals surface area contributed by atoms with Crippen LogP contribution in [0.2, 0.25) is 0 Å². The van der Waals surface area contributed by atoms with Crippen LogP contribution in [-0.4, -0.2) is 50.8 Å². The van der Waals surface area contributed by atoms with E-state index in [0.717, 1.165) is 51.9 Å². The van der Waals surface area contributed by atoms with Crippen LogP contribution in [0.4, 0.5) is 5.69 Å². The molecule has 2 N–H and O–H groups in total. The second-order valence-corrected chi connectivity index (χ2v) is 6.18. The van der Waals surface area contributed by atoms with E-state index in [-0.39, 0.29) is 0 Å². The summed E-state index contributed by atoms with van der Waals surface area (Å²) in [6.45, 7) is 8.30. The van der Waals surface area contributed by atoms with Crippen LogP contribution < -0.4 is 10.6 Å². The number of rotatable bonds is 5. The van der Waals surface area contributed by atoms with E-state index < -0.39 is 0 Å². The number of nitrogens with zero attached hydrogens (tertiary/aromatic N) is 1. The molecule has 2 fully saturated rings. The number of benzene rings is 1. The molecule has 0 bridgehead atoms. The van der Waals surface area contributed by atoms with Crippen LogP contribution in [-0.2, 0) is 11.3 Å². The average molecular weight is 289 g/mol. The molecule has 2 aliphatic heterocycles. The average Bonchev–Trinajstić information content (AvgIpc) is 2.56. The van der Waals surface area contributed by atoms with Gasteiger partial charge >= 0.3 is 0 Å². The monoisotopic (exact) mass is 289 g/mol. The van der Waals surface area contributed by atoms with Gasteiger partial charge in [0.25, 0.3) is 0 Å². The Hall–Kier alpha value is -1.10. The highest BCUT2D eigenvalue weighted by Crippen LogP contribution is 2.15. The van der Waals surface area contributed by atoms with Crippen LogP contribution in [0, 0.1) is 5.92 Å². The standard InChI is InChI=1S/C17H27N3O/c1-2-16(12-18-7-1)13-19-17-5-3-15(4-6-17)14-20-8-10-21-11-9-20/h3-6,16,18-19H,1-2,7-14H2. The Kier molecular flexibility index (Phi) is 5.49. The van der Waals surface area contributed by atoms with Gasteiger partial charge in [-0.15, -0.1) is 0 Å². The molecule has 1 unspecified atom stereocenters. The van der Waals surface area contributed by atoms with Crippen molar-refractivity contribution in [3.8, 4) is 0 Å². The molecule has 0 aromatic heterocycles. The molecule has 1 atom stereocenters. The largest absolute Gasteiger partial charge is 0.385 e. The number of ether oxygens (including phenoxy) is 1. The number of piperidine rings is 1. The van der Waals surface area contributed by atoms with Gasteiger partial charge in [0, 0.05) is 31.9 Å². The molecule has 2 aliphatic rings. The maximum absolute atomic E-state index is 5.39. The van der Waals surface area contributed by atoms with Gasteiger partial charge in [-0.25, -0.2) is 0 Å². The highest BCUT2D eigenvalue weighted by molar-refractivity contribution is 5.44. The minimum absolute atomic E-state index is 0.770. The second-order valence-electron chi connectivity index (χ2n) is 6.18. The number of hydrogen-bond donors (Lipinski definition) is 2. The fourth-order valence-corrected chi connectivity index (χ4v) is 3.11. The van der Waals surface area contributed by atoms with Gasteiger partial charge in [0.1, 0.15) is 0 Å². The molecule has 2 saturated heterocycles. The molecular formula is C17H27N3O. The van der Waals surface area contributed by atoms with Crippen molar-refractivity contribution in [2.45, 2.75) is 19.4 Å². The quantitative estimate of drug-likeness (QED) is 0.868. The van der Waals surface area contributed by atoms with Crippen molar-refractivity contribution < 1.29 is 4.74 Å². The molecule has 3 rings (SSSR count). The van der Waals surface area contributed by atoms with Gasteiger partial charge in [0.15, 0.2) is 0 Å². The van der Waals surface area contributed by atoms with Gasteiger partial charge in [-0.2, -0.15) is 0 Å². The molecule has 2 heterocycles. The van der Waals surface area contributed by atoms with Gasteiger partial charge < -0.3 is 15.4 Å². The van der Waals surface area contributed by atoms with E-state index in [1.54, 1.807) is 0 Å². The number of nitrogens with one attached hydrogen (secondary N) is 2. The summed E-state index contributed by atoms with van der Waals surface area (Å²) in [7, 11) is 0. The first-order valence-electron chi connectivity index (χ1n) is 8.24. The van der Waals surface area contributed by atoms with Crippen molar-refractivity contribution in [3.05, 3.63) is 29.8 Å². The Morgan fingerprint density at radius 2 is 2.00 bits per heavy atom. The summed E-state index contributed by atoms with van der Waals surface area (Å²) < 4.78 is 5.39. The molecule has 0 spiro atoms. The Morgan fingerprint density at radius 3 is 2.71 bits per heavy atom. The van der Waals surface area contributed by atoms with Crippen molar-refractivity contribution in [3.63, 3.8) is 0 Å². The van der Waals surface area contributed by atoms with E-state index in [1.165, 1.54) is 30.6 Å².